The zero-order valence-electron chi connectivity index (χ0n) is 18.9. The van der Waals surface area contributed by atoms with Gasteiger partial charge in [-0.1, -0.05) is 0 Å². The fourth-order valence-corrected chi connectivity index (χ4v) is 4.68. The molecule has 2 atom stereocenters. The van der Waals surface area contributed by atoms with Gasteiger partial charge in [-0.15, -0.1) is 0 Å². The molecule has 2 aromatic rings. The molecule has 0 bridgehead atoms. The maximum Gasteiger partial charge on any atom is 0.319 e. The molecule has 1 saturated carbocycles. The summed E-state index contributed by atoms with van der Waals surface area (Å²) in [6.07, 6.45) is 3.11. The summed E-state index contributed by atoms with van der Waals surface area (Å²) in [4.78, 5) is 21.3. The van der Waals surface area contributed by atoms with Crippen molar-refractivity contribution in [2.75, 3.05) is 31.3 Å². The number of nitrogens with zero attached hydrogens (tertiary/aromatic N) is 2. The van der Waals surface area contributed by atoms with Crippen molar-refractivity contribution in [1.82, 2.24) is 15.3 Å². The Morgan fingerprint density at radius 2 is 1.97 bits per heavy atom. The summed E-state index contributed by atoms with van der Waals surface area (Å²) in [6, 6.07) is 8.85. The lowest BCUT2D eigenvalue weighted by molar-refractivity contribution is 0.0794. The van der Waals surface area contributed by atoms with Crippen LogP contribution in [0.1, 0.15) is 45.0 Å². The first-order chi connectivity index (χ1) is 15.1. The highest BCUT2D eigenvalue weighted by atomic mass is 32.2. The number of hydrogen-bond acceptors (Lipinski definition) is 6. The molecule has 2 aliphatic rings. The number of rotatable bonds is 6. The number of carbonyl (C=O) groups is 1. The minimum atomic E-state index is -3.40. The first-order valence-corrected chi connectivity index (χ1v) is 12.8. The lowest BCUT2D eigenvalue weighted by Gasteiger charge is -2.26. The molecule has 0 spiro atoms. The number of sulfone groups is 1. The zero-order valence-corrected chi connectivity index (χ0v) is 19.8. The standard InChI is InChI=1S/C23H30N4O4S/c1-5-24-21(28)25-17-8-6-15(7-9-17)20-26-18(22(2,3)32(4,29)30)12-19(27-20)23-10-11-31-14-16(23)13-23/h6-9,12,16H,5,10-11,13-14H2,1-4H3,(H2,24,25,28)/t16-,23+/m1/s1. The van der Waals surface area contributed by atoms with Crippen LogP contribution in [0.15, 0.2) is 30.3 Å². The fraction of sp³-hybridized carbons (Fsp3) is 0.522. The molecule has 1 aliphatic heterocycles. The van der Waals surface area contributed by atoms with Crippen LogP contribution >= 0.6 is 0 Å². The monoisotopic (exact) mass is 458 g/mol. The predicted molar refractivity (Wildman–Crippen MR) is 123 cm³/mol. The number of hydrogen-bond donors (Lipinski definition) is 2. The molecule has 172 valence electrons. The van der Waals surface area contributed by atoms with E-state index in [-0.39, 0.29) is 11.4 Å². The summed E-state index contributed by atoms with van der Waals surface area (Å²) in [5, 5.41) is 5.46. The van der Waals surface area contributed by atoms with Crippen molar-refractivity contribution in [1.29, 1.82) is 0 Å². The maximum atomic E-state index is 12.6. The molecule has 0 unspecified atom stereocenters. The highest BCUT2D eigenvalue weighted by Gasteiger charge is 2.58. The molecule has 0 radical (unpaired) electrons. The van der Waals surface area contributed by atoms with E-state index < -0.39 is 14.6 Å². The van der Waals surface area contributed by atoms with E-state index in [1.165, 1.54) is 6.26 Å². The van der Waals surface area contributed by atoms with Crippen molar-refractivity contribution in [2.24, 2.45) is 5.92 Å². The summed E-state index contributed by atoms with van der Waals surface area (Å²) in [5.74, 6) is 0.905. The molecular formula is C23H30N4O4S. The second kappa shape index (κ2) is 8.12. The summed E-state index contributed by atoms with van der Waals surface area (Å²) in [7, 11) is -3.40. The van der Waals surface area contributed by atoms with E-state index >= 15 is 0 Å². The minimum Gasteiger partial charge on any atom is -0.381 e. The van der Waals surface area contributed by atoms with Crippen molar-refractivity contribution >= 4 is 21.6 Å². The summed E-state index contributed by atoms with van der Waals surface area (Å²) < 4.78 is 29.6. The number of nitrogens with one attached hydrogen (secondary N) is 2. The van der Waals surface area contributed by atoms with Crippen LogP contribution in [0.5, 0.6) is 0 Å². The van der Waals surface area contributed by atoms with Gasteiger partial charge < -0.3 is 15.4 Å². The molecule has 32 heavy (non-hydrogen) atoms. The van der Waals surface area contributed by atoms with Gasteiger partial charge in [0.1, 0.15) is 4.75 Å². The van der Waals surface area contributed by atoms with Gasteiger partial charge in [0.2, 0.25) is 0 Å². The number of urea groups is 1. The molecule has 2 heterocycles. The topological polar surface area (TPSA) is 110 Å². The number of anilines is 1. The lowest BCUT2D eigenvalue weighted by atomic mass is 9.92. The maximum absolute atomic E-state index is 12.6. The van der Waals surface area contributed by atoms with Crippen LogP contribution < -0.4 is 10.6 Å². The van der Waals surface area contributed by atoms with E-state index in [9.17, 15) is 13.2 Å². The van der Waals surface area contributed by atoms with Crippen LogP contribution in [0.3, 0.4) is 0 Å². The van der Waals surface area contributed by atoms with Crippen molar-refractivity contribution in [3.8, 4) is 11.4 Å². The van der Waals surface area contributed by atoms with E-state index in [1.54, 1.807) is 26.0 Å². The molecule has 2 N–H and O–H groups in total. The molecule has 1 aromatic carbocycles. The Hall–Kier alpha value is -2.52. The van der Waals surface area contributed by atoms with E-state index in [2.05, 4.69) is 15.6 Å². The minimum absolute atomic E-state index is 0.0575. The Morgan fingerprint density at radius 1 is 1.25 bits per heavy atom. The first-order valence-electron chi connectivity index (χ1n) is 10.9. The molecule has 1 saturated heterocycles. The second-order valence-corrected chi connectivity index (χ2v) is 11.8. The van der Waals surface area contributed by atoms with Gasteiger partial charge >= 0.3 is 6.03 Å². The van der Waals surface area contributed by atoms with Crippen molar-refractivity contribution < 1.29 is 17.9 Å². The highest BCUT2D eigenvalue weighted by Crippen LogP contribution is 2.58. The van der Waals surface area contributed by atoms with Crippen LogP contribution in [0.4, 0.5) is 10.5 Å². The van der Waals surface area contributed by atoms with Gasteiger partial charge in [-0.2, -0.15) is 0 Å². The molecule has 1 aliphatic carbocycles. The van der Waals surface area contributed by atoms with Gasteiger partial charge in [0.05, 0.1) is 18.0 Å². The van der Waals surface area contributed by atoms with Crippen LogP contribution in [0, 0.1) is 5.92 Å². The predicted octanol–water partition coefficient (Wildman–Crippen LogP) is 3.24. The fourth-order valence-electron chi connectivity index (χ4n) is 4.20. The summed E-state index contributed by atoms with van der Waals surface area (Å²) in [6.45, 7) is 7.15. The molecule has 2 amide bonds. The number of aromatic nitrogens is 2. The highest BCUT2D eigenvalue weighted by molar-refractivity contribution is 7.91. The van der Waals surface area contributed by atoms with Gasteiger partial charge in [0.15, 0.2) is 15.7 Å². The average molecular weight is 459 g/mol. The summed E-state index contributed by atoms with van der Waals surface area (Å²) in [5.41, 5.74) is 2.75. The Morgan fingerprint density at radius 3 is 2.59 bits per heavy atom. The molecule has 8 nitrogen and oxygen atoms in total. The van der Waals surface area contributed by atoms with Gasteiger partial charge in [0.25, 0.3) is 0 Å². The average Bonchev–Trinajstić information content (AvgIpc) is 3.49. The van der Waals surface area contributed by atoms with Gasteiger partial charge in [0, 0.05) is 36.1 Å². The molecule has 9 heteroatoms. The zero-order chi connectivity index (χ0) is 23.1. The Balaban J connectivity index is 1.74. The van der Waals surface area contributed by atoms with Crippen molar-refractivity contribution in [3.05, 3.63) is 41.7 Å². The Bertz CT molecular complexity index is 1130. The quantitative estimate of drug-likeness (QED) is 0.688. The second-order valence-electron chi connectivity index (χ2n) is 9.19. The third-order valence-electron chi connectivity index (χ3n) is 6.76. The van der Waals surface area contributed by atoms with Crippen molar-refractivity contribution in [3.63, 3.8) is 0 Å². The van der Waals surface area contributed by atoms with Crippen LogP contribution in [0.2, 0.25) is 0 Å². The van der Waals surface area contributed by atoms with Gasteiger partial charge in [-0.05, 0) is 69.9 Å². The Labute approximate surface area is 189 Å². The number of amides is 2. The van der Waals surface area contributed by atoms with Gasteiger partial charge in [-0.3, -0.25) is 0 Å². The van der Waals surface area contributed by atoms with Crippen LogP contribution in [-0.4, -0.2) is 50.4 Å². The molecule has 4 rings (SSSR count). The molecular weight excluding hydrogens is 428 g/mol. The number of fused-ring (bicyclic) bond motifs is 1. The van der Waals surface area contributed by atoms with E-state index in [4.69, 9.17) is 9.72 Å². The largest absolute Gasteiger partial charge is 0.381 e. The summed E-state index contributed by atoms with van der Waals surface area (Å²) >= 11 is 0. The number of carbonyl (C=O) groups excluding carboxylic acids is 1. The van der Waals surface area contributed by atoms with E-state index in [0.717, 1.165) is 24.1 Å². The SMILES string of the molecule is CCNC(=O)Nc1ccc(-c2nc(C(C)(C)S(C)(=O)=O)cc([C@]34CCOC[C@H]3C4)n2)cc1. The Kier molecular flexibility index (Phi) is 5.75. The number of benzene rings is 1. The first kappa shape index (κ1) is 22.7. The lowest BCUT2D eigenvalue weighted by Crippen LogP contribution is -2.31. The molecule has 2 fully saturated rings. The molecule has 1 aromatic heterocycles. The van der Waals surface area contributed by atoms with E-state index in [1.807, 2.05) is 25.1 Å². The van der Waals surface area contributed by atoms with Crippen LogP contribution in [-0.2, 0) is 24.7 Å². The van der Waals surface area contributed by atoms with E-state index in [0.29, 0.717) is 42.9 Å². The normalized spacial score (nSPS) is 22.7. The number of ether oxygens (including phenoxy) is 1. The third-order valence-corrected chi connectivity index (χ3v) is 8.83. The van der Waals surface area contributed by atoms with Crippen molar-refractivity contribution in [2.45, 2.75) is 43.8 Å². The van der Waals surface area contributed by atoms with Crippen LogP contribution in [0.25, 0.3) is 11.4 Å². The van der Waals surface area contributed by atoms with Gasteiger partial charge in [-0.25, -0.2) is 23.2 Å². The third kappa shape index (κ3) is 4.11. The smallest absolute Gasteiger partial charge is 0.319 e.